The van der Waals surface area contributed by atoms with Gasteiger partial charge in [0.2, 0.25) is 5.75 Å². The predicted octanol–water partition coefficient (Wildman–Crippen LogP) is 3.45. The van der Waals surface area contributed by atoms with Crippen molar-refractivity contribution >= 4 is 0 Å². The summed E-state index contributed by atoms with van der Waals surface area (Å²) in [5, 5.41) is 18.7. The summed E-state index contributed by atoms with van der Waals surface area (Å²) < 4.78 is 5.39. The first kappa shape index (κ1) is 12.7. The number of para-hydroxylation sites is 1. The van der Waals surface area contributed by atoms with E-state index in [1.54, 1.807) is 12.1 Å². The van der Waals surface area contributed by atoms with Gasteiger partial charge in [0, 0.05) is 0 Å². The molecule has 0 saturated carbocycles. The normalized spacial score (nSPS) is 10.3. The Bertz CT molecular complexity index is 310. The summed E-state index contributed by atoms with van der Waals surface area (Å²) in [6.07, 6.45) is 5.85. The topological polar surface area (TPSA) is 49.7 Å². The number of hydrogen-bond donors (Lipinski definition) is 2. The van der Waals surface area contributed by atoms with Gasteiger partial charge in [0.25, 0.3) is 0 Å². The highest BCUT2D eigenvalue weighted by Gasteiger charge is 2.05. The van der Waals surface area contributed by atoms with E-state index in [1.165, 1.54) is 25.3 Å². The Morgan fingerprint density at radius 1 is 1.06 bits per heavy atom. The largest absolute Gasteiger partial charge is 0.504 e. The number of benzene rings is 1. The van der Waals surface area contributed by atoms with Crippen molar-refractivity contribution in [2.45, 2.75) is 39.0 Å². The van der Waals surface area contributed by atoms with Gasteiger partial charge in [-0.05, 0) is 18.6 Å². The Morgan fingerprint density at radius 2 is 1.81 bits per heavy atom. The molecule has 0 amide bonds. The van der Waals surface area contributed by atoms with Crippen LogP contribution in [0.2, 0.25) is 0 Å². The fraction of sp³-hybridized carbons (Fsp3) is 0.538. The van der Waals surface area contributed by atoms with E-state index in [9.17, 15) is 10.2 Å². The van der Waals surface area contributed by atoms with Crippen molar-refractivity contribution in [1.29, 1.82) is 0 Å². The van der Waals surface area contributed by atoms with E-state index < -0.39 is 0 Å². The second-order valence-corrected chi connectivity index (χ2v) is 3.89. The zero-order chi connectivity index (χ0) is 11.8. The van der Waals surface area contributed by atoms with Gasteiger partial charge < -0.3 is 14.9 Å². The number of phenolic OH excluding ortho intramolecular Hbond substituents is 2. The second-order valence-electron chi connectivity index (χ2n) is 3.89. The van der Waals surface area contributed by atoms with Crippen molar-refractivity contribution in [1.82, 2.24) is 0 Å². The summed E-state index contributed by atoms with van der Waals surface area (Å²) in [7, 11) is 0. The van der Waals surface area contributed by atoms with E-state index in [0.29, 0.717) is 12.4 Å². The lowest BCUT2D eigenvalue weighted by Gasteiger charge is -2.08. The standard InChI is InChI=1S/C13H20O3/c1-2-3-4-5-6-10-16-12-9-7-8-11(14)13(12)15/h7-9,14-15H,2-6,10H2,1H3. The number of aromatic hydroxyl groups is 2. The molecule has 3 heteroatoms. The molecule has 0 aliphatic heterocycles. The second kappa shape index (κ2) is 6.99. The van der Waals surface area contributed by atoms with Crippen LogP contribution in [0.15, 0.2) is 18.2 Å². The molecule has 0 saturated heterocycles. The molecule has 1 aromatic carbocycles. The Labute approximate surface area is 96.7 Å². The van der Waals surface area contributed by atoms with Crippen LogP contribution in [-0.4, -0.2) is 16.8 Å². The van der Waals surface area contributed by atoms with Crippen molar-refractivity contribution in [2.75, 3.05) is 6.61 Å². The lowest BCUT2D eigenvalue weighted by Crippen LogP contribution is -1.97. The number of phenols is 2. The van der Waals surface area contributed by atoms with E-state index in [-0.39, 0.29) is 11.5 Å². The molecule has 1 rings (SSSR count). The number of ether oxygens (including phenoxy) is 1. The smallest absolute Gasteiger partial charge is 0.200 e. The Kier molecular flexibility index (Phi) is 5.54. The molecule has 0 aromatic heterocycles. The van der Waals surface area contributed by atoms with Crippen molar-refractivity contribution in [3.05, 3.63) is 18.2 Å². The van der Waals surface area contributed by atoms with E-state index in [4.69, 9.17) is 4.74 Å². The van der Waals surface area contributed by atoms with Gasteiger partial charge in [-0.1, -0.05) is 38.7 Å². The highest BCUT2D eigenvalue weighted by molar-refractivity contribution is 5.48. The first-order valence-corrected chi connectivity index (χ1v) is 5.89. The van der Waals surface area contributed by atoms with Crippen LogP contribution in [0.3, 0.4) is 0 Å². The number of hydrogen-bond acceptors (Lipinski definition) is 3. The first-order chi connectivity index (χ1) is 7.75. The quantitative estimate of drug-likeness (QED) is 0.551. The minimum Gasteiger partial charge on any atom is -0.504 e. The molecule has 0 unspecified atom stereocenters. The SMILES string of the molecule is CCCCCCCOc1cccc(O)c1O. The lowest BCUT2D eigenvalue weighted by atomic mass is 10.2. The molecule has 2 N–H and O–H groups in total. The molecule has 0 radical (unpaired) electrons. The Balaban J connectivity index is 2.24. The van der Waals surface area contributed by atoms with Crippen LogP contribution in [0.1, 0.15) is 39.0 Å². The van der Waals surface area contributed by atoms with Gasteiger partial charge in [-0.25, -0.2) is 0 Å². The summed E-state index contributed by atoms with van der Waals surface area (Å²) in [4.78, 5) is 0. The molecular weight excluding hydrogens is 204 g/mol. The molecule has 0 heterocycles. The summed E-state index contributed by atoms with van der Waals surface area (Å²) >= 11 is 0. The van der Waals surface area contributed by atoms with Crippen LogP contribution in [0.5, 0.6) is 17.2 Å². The van der Waals surface area contributed by atoms with Crippen LogP contribution in [0.25, 0.3) is 0 Å². The summed E-state index contributed by atoms with van der Waals surface area (Å²) in [5.41, 5.74) is 0. The van der Waals surface area contributed by atoms with Gasteiger partial charge >= 0.3 is 0 Å². The minimum atomic E-state index is -0.170. The highest BCUT2D eigenvalue weighted by atomic mass is 16.5. The van der Waals surface area contributed by atoms with Crippen molar-refractivity contribution in [3.63, 3.8) is 0 Å². The van der Waals surface area contributed by atoms with Gasteiger partial charge in [0.1, 0.15) is 0 Å². The van der Waals surface area contributed by atoms with E-state index in [0.717, 1.165) is 12.8 Å². The summed E-state index contributed by atoms with van der Waals surface area (Å²) in [6.45, 7) is 2.77. The molecule has 0 fully saturated rings. The fourth-order valence-electron chi connectivity index (χ4n) is 1.51. The van der Waals surface area contributed by atoms with Crippen LogP contribution >= 0.6 is 0 Å². The maximum absolute atomic E-state index is 9.46. The molecule has 0 atom stereocenters. The average molecular weight is 224 g/mol. The first-order valence-electron chi connectivity index (χ1n) is 5.89. The molecule has 90 valence electrons. The van der Waals surface area contributed by atoms with Gasteiger partial charge in [-0.3, -0.25) is 0 Å². The Morgan fingerprint density at radius 3 is 2.56 bits per heavy atom. The molecule has 1 aromatic rings. The molecule has 0 bridgehead atoms. The maximum atomic E-state index is 9.46. The molecule has 16 heavy (non-hydrogen) atoms. The zero-order valence-electron chi connectivity index (χ0n) is 9.78. The lowest BCUT2D eigenvalue weighted by molar-refractivity contribution is 0.283. The van der Waals surface area contributed by atoms with Crippen LogP contribution in [0, 0.1) is 0 Å². The maximum Gasteiger partial charge on any atom is 0.200 e. The zero-order valence-corrected chi connectivity index (χ0v) is 9.78. The highest BCUT2D eigenvalue weighted by Crippen LogP contribution is 2.34. The minimum absolute atomic E-state index is 0.136. The molecule has 0 aliphatic carbocycles. The predicted molar refractivity (Wildman–Crippen MR) is 64.0 cm³/mol. The van der Waals surface area contributed by atoms with Gasteiger partial charge in [-0.15, -0.1) is 0 Å². The van der Waals surface area contributed by atoms with Crippen LogP contribution in [-0.2, 0) is 0 Å². The van der Waals surface area contributed by atoms with Crippen molar-refractivity contribution < 1.29 is 14.9 Å². The summed E-state index contributed by atoms with van der Waals surface area (Å²) in [5.74, 6) is 0.0510. The number of rotatable bonds is 7. The third-order valence-electron chi connectivity index (χ3n) is 2.48. The Hall–Kier alpha value is -1.38. The monoisotopic (exact) mass is 224 g/mol. The molecular formula is C13H20O3. The van der Waals surface area contributed by atoms with Crippen LogP contribution < -0.4 is 4.74 Å². The van der Waals surface area contributed by atoms with Crippen LogP contribution in [0.4, 0.5) is 0 Å². The van der Waals surface area contributed by atoms with E-state index in [2.05, 4.69) is 6.92 Å². The molecule has 0 spiro atoms. The van der Waals surface area contributed by atoms with E-state index >= 15 is 0 Å². The number of unbranched alkanes of at least 4 members (excludes halogenated alkanes) is 4. The third-order valence-corrected chi connectivity index (χ3v) is 2.48. The molecule has 0 aliphatic rings. The molecule has 3 nitrogen and oxygen atoms in total. The fourth-order valence-corrected chi connectivity index (χ4v) is 1.51. The van der Waals surface area contributed by atoms with Crippen molar-refractivity contribution in [3.8, 4) is 17.2 Å². The van der Waals surface area contributed by atoms with Gasteiger partial charge in [0.05, 0.1) is 6.61 Å². The third kappa shape index (κ3) is 4.01. The van der Waals surface area contributed by atoms with Gasteiger partial charge in [0.15, 0.2) is 11.5 Å². The summed E-state index contributed by atoms with van der Waals surface area (Å²) in [6, 6.07) is 4.74. The van der Waals surface area contributed by atoms with E-state index in [1.807, 2.05) is 0 Å². The van der Waals surface area contributed by atoms with Crippen molar-refractivity contribution in [2.24, 2.45) is 0 Å². The van der Waals surface area contributed by atoms with Gasteiger partial charge in [-0.2, -0.15) is 0 Å². The average Bonchev–Trinajstić information content (AvgIpc) is 2.29.